The second-order valence-electron chi connectivity index (χ2n) is 4.90. The van der Waals surface area contributed by atoms with Crippen LogP contribution in [0.1, 0.15) is 16.7 Å². The standard InChI is InChI=1S/C17H18ClN5/c1-20-17(21-8-7-13-5-6-16(18)22-11-13)23-12-15-4-2-3-14(9-15)10-19/h2-6,9,11H,7-8,12H2,1H3,(H2,20,21,23). The van der Waals surface area contributed by atoms with E-state index in [2.05, 4.69) is 26.7 Å². The highest BCUT2D eigenvalue weighted by Gasteiger charge is 2.00. The fraction of sp³-hybridized carbons (Fsp3) is 0.235. The first-order valence-electron chi connectivity index (χ1n) is 7.25. The molecule has 0 unspecified atom stereocenters. The number of pyridine rings is 1. The molecule has 0 amide bonds. The summed E-state index contributed by atoms with van der Waals surface area (Å²) < 4.78 is 0. The van der Waals surface area contributed by atoms with E-state index in [1.54, 1.807) is 25.4 Å². The van der Waals surface area contributed by atoms with Crippen LogP contribution in [-0.2, 0) is 13.0 Å². The lowest BCUT2D eigenvalue weighted by atomic mass is 10.1. The smallest absolute Gasteiger partial charge is 0.191 e. The zero-order valence-electron chi connectivity index (χ0n) is 12.9. The van der Waals surface area contributed by atoms with E-state index in [9.17, 15) is 0 Å². The van der Waals surface area contributed by atoms with Crippen molar-refractivity contribution in [3.05, 3.63) is 64.4 Å². The lowest BCUT2D eigenvalue weighted by molar-refractivity contribution is 0.793. The van der Waals surface area contributed by atoms with Gasteiger partial charge in [0.25, 0.3) is 0 Å². The largest absolute Gasteiger partial charge is 0.356 e. The Morgan fingerprint density at radius 1 is 1.26 bits per heavy atom. The van der Waals surface area contributed by atoms with Gasteiger partial charge in [-0.05, 0) is 35.7 Å². The van der Waals surface area contributed by atoms with E-state index in [1.165, 1.54) is 0 Å². The van der Waals surface area contributed by atoms with Gasteiger partial charge in [-0.1, -0.05) is 29.8 Å². The Morgan fingerprint density at radius 2 is 2.13 bits per heavy atom. The molecule has 118 valence electrons. The molecule has 2 N–H and O–H groups in total. The van der Waals surface area contributed by atoms with Gasteiger partial charge in [0, 0.05) is 26.3 Å². The Morgan fingerprint density at radius 3 is 2.83 bits per heavy atom. The molecule has 0 aliphatic rings. The Bertz CT molecular complexity index is 704. The number of benzene rings is 1. The van der Waals surface area contributed by atoms with Gasteiger partial charge >= 0.3 is 0 Å². The van der Waals surface area contributed by atoms with Crippen LogP contribution in [0.4, 0.5) is 0 Å². The molecule has 0 saturated heterocycles. The molecule has 2 rings (SSSR count). The number of aliphatic imine (C=N–C) groups is 1. The summed E-state index contributed by atoms with van der Waals surface area (Å²) in [6, 6.07) is 13.4. The third-order valence-corrected chi connectivity index (χ3v) is 3.46. The van der Waals surface area contributed by atoms with Crippen molar-refractivity contribution in [1.29, 1.82) is 5.26 Å². The van der Waals surface area contributed by atoms with E-state index < -0.39 is 0 Å². The Kier molecular flexibility index (Phi) is 6.40. The number of nitrogens with zero attached hydrogens (tertiary/aromatic N) is 3. The number of halogens is 1. The highest BCUT2D eigenvalue weighted by atomic mass is 35.5. The lowest BCUT2D eigenvalue weighted by Gasteiger charge is -2.12. The van der Waals surface area contributed by atoms with Crippen LogP contribution in [0.2, 0.25) is 5.15 Å². The third-order valence-electron chi connectivity index (χ3n) is 3.23. The van der Waals surface area contributed by atoms with Crippen molar-refractivity contribution in [2.24, 2.45) is 4.99 Å². The lowest BCUT2D eigenvalue weighted by Crippen LogP contribution is -2.37. The van der Waals surface area contributed by atoms with Gasteiger partial charge in [-0.15, -0.1) is 0 Å². The van der Waals surface area contributed by atoms with E-state index >= 15 is 0 Å². The molecular weight excluding hydrogens is 310 g/mol. The van der Waals surface area contributed by atoms with Gasteiger partial charge in [0.1, 0.15) is 5.15 Å². The van der Waals surface area contributed by atoms with Crippen LogP contribution < -0.4 is 10.6 Å². The molecule has 23 heavy (non-hydrogen) atoms. The normalized spacial score (nSPS) is 10.9. The summed E-state index contributed by atoms with van der Waals surface area (Å²) in [6.07, 6.45) is 2.60. The molecule has 0 fully saturated rings. The van der Waals surface area contributed by atoms with Gasteiger partial charge in [-0.25, -0.2) is 4.98 Å². The molecule has 1 heterocycles. The van der Waals surface area contributed by atoms with Crippen molar-refractivity contribution in [2.75, 3.05) is 13.6 Å². The van der Waals surface area contributed by atoms with E-state index in [0.29, 0.717) is 23.2 Å². The zero-order valence-corrected chi connectivity index (χ0v) is 13.6. The minimum atomic E-state index is 0.499. The first-order valence-corrected chi connectivity index (χ1v) is 7.63. The molecule has 2 aromatic rings. The summed E-state index contributed by atoms with van der Waals surface area (Å²) in [5.74, 6) is 0.717. The minimum Gasteiger partial charge on any atom is -0.356 e. The molecular formula is C17H18ClN5. The average Bonchev–Trinajstić information content (AvgIpc) is 2.59. The maximum Gasteiger partial charge on any atom is 0.191 e. The summed E-state index contributed by atoms with van der Waals surface area (Å²) in [4.78, 5) is 8.24. The molecule has 0 aliphatic heterocycles. The Labute approximate surface area is 141 Å². The van der Waals surface area contributed by atoms with Gasteiger partial charge in [0.05, 0.1) is 11.6 Å². The average molecular weight is 328 g/mol. The Hall–Kier alpha value is -2.58. The third kappa shape index (κ3) is 5.61. The topological polar surface area (TPSA) is 73.1 Å². The van der Waals surface area contributed by atoms with Gasteiger partial charge in [0.2, 0.25) is 0 Å². The zero-order chi connectivity index (χ0) is 16.5. The van der Waals surface area contributed by atoms with E-state index in [4.69, 9.17) is 16.9 Å². The molecule has 1 aromatic heterocycles. The van der Waals surface area contributed by atoms with Crippen molar-refractivity contribution in [3.8, 4) is 6.07 Å². The van der Waals surface area contributed by atoms with Crippen LogP contribution in [0, 0.1) is 11.3 Å². The molecule has 5 nitrogen and oxygen atoms in total. The van der Waals surface area contributed by atoms with Crippen molar-refractivity contribution in [3.63, 3.8) is 0 Å². The van der Waals surface area contributed by atoms with Crippen LogP contribution in [0.25, 0.3) is 0 Å². The second kappa shape index (κ2) is 8.76. The van der Waals surface area contributed by atoms with Gasteiger partial charge in [0.15, 0.2) is 5.96 Å². The molecule has 1 aromatic carbocycles. The highest BCUT2D eigenvalue weighted by molar-refractivity contribution is 6.29. The Balaban J connectivity index is 1.79. The maximum atomic E-state index is 8.91. The summed E-state index contributed by atoms with van der Waals surface area (Å²) in [5, 5.41) is 15.9. The van der Waals surface area contributed by atoms with Gasteiger partial charge < -0.3 is 10.6 Å². The fourth-order valence-corrected chi connectivity index (χ4v) is 2.15. The fourth-order valence-electron chi connectivity index (χ4n) is 2.04. The number of aromatic nitrogens is 1. The minimum absolute atomic E-state index is 0.499. The van der Waals surface area contributed by atoms with Crippen molar-refractivity contribution >= 4 is 17.6 Å². The van der Waals surface area contributed by atoms with Crippen LogP contribution in [0.15, 0.2) is 47.6 Å². The SMILES string of the molecule is CN=C(NCCc1ccc(Cl)nc1)NCc1cccc(C#N)c1. The molecule has 0 saturated carbocycles. The molecule has 6 heteroatoms. The van der Waals surface area contributed by atoms with Crippen molar-refractivity contribution in [2.45, 2.75) is 13.0 Å². The van der Waals surface area contributed by atoms with Crippen LogP contribution in [0.3, 0.4) is 0 Å². The first-order chi connectivity index (χ1) is 11.2. The van der Waals surface area contributed by atoms with Crippen LogP contribution >= 0.6 is 11.6 Å². The van der Waals surface area contributed by atoms with Crippen LogP contribution in [-0.4, -0.2) is 24.5 Å². The highest BCUT2D eigenvalue weighted by Crippen LogP contribution is 2.05. The first kappa shape index (κ1) is 16.8. The van der Waals surface area contributed by atoms with Crippen molar-refractivity contribution in [1.82, 2.24) is 15.6 Å². The number of hydrogen-bond acceptors (Lipinski definition) is 3. The molecule has 0 radical (unpaired) electrons. The molecule has 0 spiro atoms. The quantitative estimate of drug-likeness (QED) is 0.503. The summed E-state index contributed by atoms with van der Waals surface area (Å²) in [7, 11) is 1.73. The number of nitriles is 1. The van der Waals surface area contributed by atoms with Crippen LogP contribution in [0.5, 0.6) is 0 Å². The predicted molar refractivity (Wildman–Crippen MR) is 92.3 cm³/mol. The van der Waals surface area contributed by atoms with Gasteiger partial charge in [-0.3, -0.25) is 4.99 Å². The summed E-state index contributed by atoms with van der Waals surface area (Å²) in [5.41, 5.74) is 2.80. The second-order valence-corrected chi connectivity index (χ2v) is 5.29. The monoisotopic (exact) mass is 327 g/mol. The maximum absolute atomic E-state index is 8.91. The predicted octanol–water partition coefficient (Wildman–Crippen LogP) is 2.51. The van der Waals surface area contributed by atoms with E-state index in [-0.39, 0.29) is 0 Å². The number of guanidine groups is 1. The van der Waals surface area contributed by atoms with Gasteiger partial charge in [-0.2, -0.15) is 5.26 Å². The number of nitrogens with one attached hydrogen (secondary N) is 2. The summed E-state index contributed by atoms with van der Waals surface area (Å²) in [6.45, 7) is 1.35. The molecule has 0 atom stereocenters. The van der Waals surface area contributed by atoms with Crippen molar-refractivity contribution < 1.29 is 0 Å². The molecule has 0 bridgehead atoms. The van der Waals surface area contributed by atoms with E-state index in [0.717, 1.165) is 24.1 Å². The summed E-state index contributed by atoms with van der Waals surface area (Å²) >= 11 is 5.76. The number of rotatable bonds is 5. The number of hydrogen-bond donors (Lipinski definition) is 2. The molecule has 0 aliphatic carbocycles. The van der Waals surface area contributed by atoms with E-state index in [1.807, 2.05) is 24.3 Å².